The maximum Gasteiger partial charge on any atom is 0.335 e. The highest BCUT2D eigenvalue weighted by molar-refractivity contribution is 5.94. The van der Waals surface area contributed by atoms with Crippen LogP contribution < -0.4 is 0 Å². The van der Waals surface area contributed by atoms with E-state index in [0.29, 0.717) is 6.54 Å². The van der Waals surface area contributed by atoms with Crippen LogP contribution in [0.15, 0.2) is 30.5 Å². The van der Waals surface area contributed by atoms with Crippen molar-refractivity contribution in [3.8, 4) is 0 Å². The van der Waals surface area contributed by atoms with Crippen LogP contribution in [0.5, 0.6) is 0 Å². The Balaban J connectivity index is 2.31. The first-order valence-corrected chi connectivity index (χ1v) is 6.09. The van der Waals surface area contributed by atoms with E-state index in [1.165, 1.54) is 0 Å². The van der Waals surface area contributed by atoms with Gasteiger partial charge in [0, 0.05) is 30.7 Å². The summed E-state index contributed by atoms with van der Waals surface area (Å²) in [5.74, 6) is -0.918. The van der Waals surface area contributed by atoms with Crippen LogP contribution >= 0.6 is 0 Å². The molecule has 19 heavy (non-hydrogen) atoms. The fourth-order valence-electron chi connectivity index (χ4n) is 1.91. The van der Waals surface area contributed by atoms with E-state index in [0.717, 1.165) is 10.9 Å². The molecule has 2 rings (SSSR count). The van der Waals surface area contributed by atoms with E-state index >= 15 is 0 Å². The van der Waals surface area contributed by atoms with E-state index < -0.39 is 5.97 Å². The fourth-order valence-corrected chi connectivity index (χ4v) is 1.91. The Labute approximate surface area is 111 Å². The maximum absolute atomic E-state index is 11.9. The number of carbonyl (C=O) groups excluding carboxylic acids is 1. The summed E-state index contributed by atoms with van der Waals surface area (Å²) < 4.78 is 1.83. The lowest BCUT2D eigenvalue weighted by molar-refractivity contribution is -0.130. The van der Waals surface area contributed by atoms with Crippen LogP contribution in [0, 0.1) is 0 Å². The van der Waals surface area contributed by atoms with Gasteiger partial charge in [-0.1, -0.05) is 0 Å². The first kappa shape index (κ1) is 13.1. The highest BCUT2D eigenvalue weighted by atomic mass is 16.4. The summed E-state index contributed by atoms with van der Waals surface area (Å²) in [7, 11) is 1.76. The molecule has 5 heteroatoms. The van der Waals surface area contributed by atoms with Crippen molar-refractivity contribution in [1.29, 1.82) is 0 Å². The summed E-state index contributed by atoms with van der Waals surface area (Å²) in [5.41, 5.74) is 1.12. The smallest absolute Gasteiger partial charge is 0.335 e. The molecule has 0 radical (unpaired) electrons. The van der Waals surface area contributed by atoms with Crippen molar-refractivity contribution < 1.29 is 14.7 Å². The number of nitrogens with zero attached hydrogens (tertiary/aromatic N) is 2. The van der Waals surface area contributed by atoms with E-state index in [1.807, 2.05) is 17.6 Å². The van der Waals surface area contributed by atoms with Crippen molar-refractivity contribution >= 4 is 22.8 Å². The molecular formula is C14H16N2O3. The number of hydrogen-bond donors (Lipinski definition) is 1. The molecule has 100 valence electrons. The average Bonchev–Trinajstić information content (AvgIpc) is 2.80. The van der Waals surface area contributed by atoms with Gasteiger partial charge in [-0.3, -0.25) is 4.79 Å². The van der Waals surface area contributed by atoms with Crippen LogP contribution in [0.4, 0.5) is 0 Å². The molecule has 0 aliphatic carbocycles. The van der Waals surface area contributed by atoms with E-state index in [4.69, 9.17) is 5.11 Å². The van der Waals surface area contributed by atoms with Crippen LogP contribution in [-0.4, -0.2) is 40.0 Å². The van der Waals surface area contributed by atoms with Crippen molar-refractivity contribution in [3.63, 3.8) is 0 Å². The molecule has 0 saturated heterocycles. The fraction of sp³-hybridized carbons (Fsp3) is 0.286. The molecule has 0 aliphatic rings. The molecule has 0 fully saturated rings. The number of benzene rings is 1. The van der Waals surface area contributed by atoms with Gasteiger partial charge in [0.2, 0.25) is 5.91 Å². The number of carboxylic acid groups (broad SMARTS) is 1. The van der Waals surface area contributed by atoms with Crippen molar-refractivity contribution in [2.24, 2.45) is 0 Å². The Morgan fingerprint density at radius 3 is 2.68 bits per heavy atom. The monoisotopic (exact) mass is 260 g/mol. The molecule has 1 N–H and O–H groups in total. The van der Waals surface area contributed by atoms with Crippen LogP contribution in [-0.2, 0) is 11.3 Å². The molecule has 0 spiro atoms. The number of likely N-dealkylation sites (N-methyl/N-ethyl adjacent to an activating group) is 1. The number of fused-ring (bicyclic) bond motifs is 1. The molecule has 0 atom stereocenters. The van der Waals surface area contributed by atoms with Gasteiger partial charge in [0.25, 0.3) is 0 Å². The standard InChI is InChI=1S/C14H16N2O3/c1-3-15(2)13(17)9-16-7-6-10-8-11(14(18)19)4-5-12(10)16/h4-8H,3,9H2,1-2H3,(H,18,19). The van der Waals surface area contributed by atoms with E-state index in [9.17, 15) is 9.59 Å². The highest BCUT2D eigenvalue weighted by Crippen LogP contribution is 2.18. The summed E-state index contributed by atoms with van der Waals surface area (Å²) in [5, 5.41) is 9.76. The molecule has 1 amide bonds. The molecule has 0 unspecified atom stereocenters. The zero-order chi connectivity index (χ0) is 14.0. The number of hydrogen-bond acceptors (Lipinski definition) is 2. The number of carbonyl (C=O) groups is 2. The first-order valence-electron chi connectivity index (χ1n) is 6.09. The zero-order valence-corrected chi connectivity index (χ0v) is 11.0. The lowest BCUT2D eigenvalue weighted by Gasteiger charge is -2.15. The van der Waals surface area contributed by atoms with Gasteiger partial charge in [-0.25, -0.2) is 4.79 Å². The molecule has 0 saturated carbocycles. The van der Waals surface area contributed by atoms with Crippen molar-refractivity contribution in [2.75, 3.05) is 13.6 Å². The summed E-state index contributed by atoms with van der Waals surface area (Å²) in [6.45, 7) is 2.85. The molecule has 0 aliphatic heterocycles. The Morgan fingerprint density at radius 1 is 1.32 bits per heavy atom. The summed E-state index contributed by atoms with van der Waals surface area (Å²) in [6, 6.07) is 6.72. The van der Waals surface area contributed by atoms with Crippen LogP contribution in [0.1, 0.15) is 17.3 Å². The average molecular weight is 260 g/mol. The van der Waals surface area contributed by atoms with Gasteiger partial charge >= 0.3 is 5.97 Å². The Bertz CT molecular complexity index is 631. The van der Waals surface area contributed by atoms with Gasteiger partial charge < -0.3 is 14.6 Å². The van der Waals surface area contributed by atoms with E-state index in [2.05, 4.69) is 0 Å². The van der Waals surface area contributed by atoms with E-state index in [-0.39, 0.29) is 18.0 Å². The van der Waals surface area contributed by atoms with Crippen LogP contribution in [0.2, 0.25) is 0 Å². The van der Waals surface area contributed by atoms with Gasteiger partial charge in [-0.2, -0.15) is 0 Å². The van der Waals surface area contributed by atoms with Crippen LogP contribution in [0.3, 0.4) is 0 Å². The Morgan fingerprint density at radius 2 is 2.05 bits per heavy atom. The molecule has 1 aromatic carbocycles. The third kappa shape index (κ3) is 2.59. The number of carboxylic acids is 1. The maximum atomic E-state index is 11.9. The predicted octanol–water partition coefficient (Wildman–Crippen LogP) is 1.82. The summed E-state index contributed by atoms with van der Waals surface area (Å²) in [6.07, 6.45) is 1.80. The van der Waals surface area contributed by atoms with E-state index in [1.54, 1.807) is 36.3 Å². The number of rotatable bonds is 4. The quantitative estimate of drug-likeness (QED) is 0.912. The molecule has 5 nitrogen and oxygen atoms in total. The topological polar surface area (TPSA) is 62.5 Å². The minimum Gasteiger partial charge on any atom is -0.478 e. The second kappa shape index (κ2) is 5.14. The number of amides is 1. The molecule has 1 heterocycles. The van der Waals surface area contributed by atoms with Gasteiger partial charge in [-0.05, 0) is 31.2 Å². The largest absolute Gasteiger partial charge is 0.478 e. The third-order valence-corrected chi connectivity index (χ3v) is 3.22. The summed E-state index contributed by atoms with van der Waals surface area (Å²) in [4.78, 5) is 24.4. The number of aromatic carboxylic acids is 1. The van der Waals surface area contributed by atoms with Crippen molar-refractivity contribution in [3.05, 3.63) is 36.0 Å². The SMILES string of the molecule is CCN(C)C(=O)Cn1ccc2cc(C(=O)O)ccc21. The van der Waals surface area contributed by atoms with Crippen molar-refractivity contribution in [2.45, 2.75) is 13.5 Å². The van der Waals surface area contributed by atoms with Gasteiger partial charge in [-0.15, -0.1) is 0 Å². The Kier molecular flexibility index (Phi) is 3.55. The number of aromatic nitrogens is 1. The normalized spacial score (nSPS) is 10.6. The van der Waals surface area contributed by atoms with Gasteiger partial charge in [0.15, 0.2) is 0 Å². The highest BCUT2D eigenvalue weighted by Gasteiger charge is 2.11. The van der Waals surface area contributed by atoms with Gasteiger partial charge in [0.1, 0.15) is 6.54 Å². The third-order valence-electron chi connectivity index (χ3n) is 3.22. The summed E-state index contributed by atoms with van der Waals surface area (Å²) >= 11 is 0. The van der Waals surface area contributed by atoms with Crippen molar-refractivity contribution in [1.82, 2.24) is 9.47 Å². The first-order chi connectivity index (χ1) is 9.02. The zero-order valence-electron chi connectivity index (χ0n) is 11.0. The minimum absolute atomic E-state index is 0.0299. The molecule has 1 aromatic heterocycles. The minimum atomic E-state index is -0.948. The Hall–Kier alpha value is -2.30. The second-order valence-corrected chi connectivity index (χ2v) is 4.43. The second-order valence-electron chi connectivity index (χ2n) is 4.43. The predicted molar refractivity (Wildman–Crippen MR) is 72.2 cm³/mol. The molecular weight excluding hydrogens is 244 g/mol. The molecule has 2 aromatic rings. The lowest BCUT2D eigenvalue weighted by Crippen LogP contribution is -2.29. The molecule has 0 bridgehead atoms. The lowest BCUT2D eigenvalue weighted by atomic mass is 10.1. The van der Waals surface area contributed by atoms with Crippen LogP contribution in [0.25, 0.3) is 10.9 Å². The van der Waals surface area contributed by atoms with Gasteiger partial charge in [0.05, 0.1) is 5.56 Å².